The number of hydrogen-bond acceptors (Lipinski definition) is 7. The first-order valence-corrected chi connectivity index (χ1v) is 10.3. The number of carbonyl (C=O) groups excluding carboxylic acids is 2. The molecular formula is C23H13N4O4S-. The third-order valence-corrected chi connectivity index (χ3v) is 5.73. The molecule has 0 bridgehead atoms. The van der Waals surface area contributed by atoms with Crippen LogP contribution in [0.1, 0.15) is 21.7 Å². The number of benzene rings is 2. The number of carboxylic acid groups (broad SMARTS) is 1. The summed E-state index contributed by atoms with van der Waals surface area (Å²) in [6.07, 6.45) is 1.43. The van der Waals surface area contributed by atoms with Crippen LogP contribution in [0.5, 0.6) is 0 Å². The third kappa shape index (κ3) is 3.54. The quantitative estimate of drug-likeness (QED) is 0.621. The summed E-state index contributed by atoms with van der Waals surface area (Å²) in [6.45, 7) is 0. The smallest absolute Gasteiger partial charge is 0.283 e. The monoisotopic (exact) mass is 441 g/mol. The molecule has 32 heavy (non-hydrogen) atoms. The Kier molecular flexibility index (Phi) is 4.79. The molecule has 0 aliphatic carbocycles. The van der Waals surface area contributed by atoms with Crippen LogP contribution in [0.4, 0.5) is 0 Å². The number of hydrazone groups is 1. The standard InChI is InChI=1S/C23H14N4O4S/c24-19-17(12-16-9-10-18(31-16)14-7-4-8-15(11-14)22(29)30)20(28)25-23-27(19)26-21(32-23)13-5-2-1-3-6-13/h1-12,24H,(H,29,30)/p-1/b17-12-,24-19?. The molecule has 1 N–H and O–H groups in total. The van der Waals surface area contributed by atoms with Crippen molar-refractivity contribution in [3.05, 3.63) is 89.2 Å². The van der Waals surface area contributed by atoms with Crippen molar-refractivity contribution in [2.45, 2.75) is 0 Å². The van der Waals surface area contributed by atoms with E-state index in [0.29, 0.717) is 27.3 Å². The first kappa shape index (κ1) is 19.7. The number of nitrogens with one attached hydrogen (secondary N) is 1. The fraction of sp³-hybridized carbons (Fsp3) is 0. The molecule has 3 heterocycles. The van der Waals surface area contributed by atoms with Crippen molar-refractivity contribution in [3.8, 4) is 11.3 Å². The van der Waals surface area contributed by atoms with Gasteiger partial charge in [0.15, 0.2) is 5.84 Å². The van der Waals surface area contributed by atoms with E-state index in [0.717, 1.165) is 5.56 Å². The van der Waals surface area contributed by atoms with E-state index in [-0.39, 0.29) is 17.0 Å². The minimum atomic E-state index is -1.28. The van der Waals surface area contributed by atoms with Crippen LogP contribution in [0.2, 0.25) is 0 Å². The fourth-order valence-electron chi connectivity index (χ4n) is 3.22. The summed E-state index contributed by atoms with van der Waals surface area (Å²) < 4.78 is 5.76. The van der Waals surface area contributed by atoms with E-state index in [4.69, 9.17) is 9.83 Å². The molecule has 156 valence electrons. The van der Waals surface area contributed by atoms with Gasteiger partial charge in [0.2, 0.25) is 5.17 Å². The highest BCUT2D eigenvalue weighted by molar-refractivity contribution is 8.27. The van der Waals surface area contributed by atoms with E-state index in [1.807, 2.05) is 30.3 Å². The van der Waals surface area contributed by atoms with Crippen molar-refractivity contribution >= 4 is 45.8 Å². The van der Waals surface area contributed by atoms with Crippen molar-refractivity contribution in [1.29, 1.82) is 5.41 Å². The number of hydrogen-bond donors (Lipinski definition) is 1. The molecule has 0 unspecified atom stereocenters. The van der Waals surface area contributed by atoms with Gasteiger partial charge in [-0.15, -0.1) is 0 Å². The summed E-state index contributed by atoms with van der Waals surface area (Å²) in [4.78, 5) is 27.8. The summed E-state index contributed by atoms with van der Waals surface area (Å²) >= 11 is 1.23. The van der Waals surface area contributed by atoms with Gasteiger partial charge in [0.1, 0.15) is 16.6 Å². The first-order chi connectivity index (χ1) is 15.5. The van der Waals surface area contributed by atoms with Crippen LogP contribution in [0.15, 0.2) is 86.8 Å². The predicted octanol–water partition coefficient (Wildman–Crippen LogP) is 2.98. The van der Waals surface area contributed by atoms with E-state index in [1.54, 1.807) is 24.3 Å². The normalized spacial score (nSPS) is 16.8. The zero-order chi connectivity index (χ0) is 22.2. The zero-order valence-corrected chi connectivity index (χ0v) is 17.1. The molecule has 2 aromatic carbocycles. The maximum absolute atomic E-state index is 12.6. The summed E-state index contributed by atoms with van der Waals surface area (Å²) in [6, 6.07) is 18.9. The molecule has 0 saturated heterocycles. The summed E-state index contributed by atoms with van der Waals surface area (Å²) in [5.74, 6) is -1.20. The molecule has 3 aromatic rings. The number of rotatable bonds is 4. The third-order valence-electron chi connectivity index (χ3n) is 4.77. The number of fused-ring (bicyclic) bond motifs is 1. The number of amides is 1. The van der Waals surface area contributed by atoms with E-state index < -0.39 is 11.9 Å². The van der Waals surface area contributed by atoms with Crippen LogP contribution in [-0.4, -0.2) is 32.9 Å². The zero-order valence-electron chi connectivity index (χ0n) is 16.3. The Bertz CT molecular complexity index is 1370. The van der Waals surface area contributed by atoms with E-state index in [2.05, 4.69) is 10.1 Å². The lowest BCUT2D eigenvalue weighted by Gasteiger charge is -2.19. The second-order valence-corrected chi connectivity index (χ2v) is 7.82. The minimum absolute atomic E-state index is 0.0310. The summed E-state index contributed by atoms with van der Waals surface area (Å²) in [5.41, 5.74) is 1.49. The number of nitrogens with zero attached hydrogens (tertiary/aromatic N) is 3. The van der Waals surface area contributed by atoms with E-state index >= 15 is 0 Å². The Labute approximate surface area is 186 Å². The number of amidine groups is 2. The Morgan fingerprint density at radius 1 is 1.06 bits per heavy atom. The van der Waals surface area contributed by atoms with Gasteiger partial charge in [-0.05, 0) is 41.6 Å². The molecule has 2 aliphatic rings. The highest BCUT2D eigenvalue weighted by Gasteiger charge is 2.36. The van der Waals surface area contributed by atoms with Crippen molar-refractivity contribution < 1.29 is 19.1 Å². The number of aliphatic imine (C=N–C) groups is 1. The first-order valence-electron chi connectivity index (χ1n) is 9.47. The molecule has 1 aromatic heterocycles. The summed E-state index contributed by atoms with van der Waals surface area (Å²) in [7, 11) is 0. The van der Waals surface area contributed by atoms with Crippen molar-refractivity contribution in [2.75, 3.05) is 0 Å². The molecule has 2 aliphatic heterocycles. The van der Waals surface area contributed by atoms with Crippen molar-refractivity contribution in [3.63, 3.8) is 0 Å². The van der Waals surface area contributed by atoms with Crippen molar-refractivity contribution in [2.24, 2.45) is 10.1 Å². The number of thioether (sulfide) groups is 1. The lowest BCUT2D eigenvalue weighted by Crippen LogP contribution is -2.35. The molecule has 5 rings (SSSR count). The van der Waals surface area contributed by atoms with E-state index in [9.17, 15) is 14.7 Å². The summed E-state index contributed by atoms with van der Waals surface area (Å²) in [5, 5.41) is 26.3. The maximum Gasteiger partial charge on any atom is 0.283 e. The van der Waals surface area contributed by atoms with Gasteiger partial charge in [0.05, 0.1) is 11.5 Å². The molecule has 0 spiro atoms. The van der Waals surface area contributed by atoms with Crippen molar-refractivity contribution in [1.82, 2.24) is 5.01 Å². The van der Waals surface area contributed by atoms with Crippen LogP contribution in [-0.2, 0) is 4.79 Å². The number of aromatic carboxylic acids is 1. The largest absolute Gasteiger partial charge is 0.545 e. The SMILES string of the molecule is N=C1/C(=C/c2ccc(-c3cccc(C(=O)[O-])c3)o2)C(=O)N=C2SC(c3ccccc3)=NN12. The second-order valence-electron chi connectivity index (χ2n) is 6.86. The minimum Gasteiger partial charge on any atom is -0.545 e. The molecule has 9 heteroatoms. The highest BCUT2D eigenvalue weighted by atomic mass is 32.2. The van der Waals surface area contributed by atoms with E-state index in [1.165, 1.54) is 35.0 Å². The van der Waals surface area contributed by atoms with Gasteiger partial charge in [-0.3, -0.25) is 10.2 Å². The molecule has 1 amide bonds. The number of furan rings is 1. The lowest BCUT2D eigenvalue weighted by atomic mass is 10.1. The topological polar surface area (TPSA) is 122 Å². The Balaban J connectivity index is 1.44. The van der Waals surface area contributed by atoms with Gasteiger partial charge >= 0.3 is 0 Å². The van der Waals surface area contributed by atoms with Crippen LogP contribution in [0, 0.1) is 5.41 Å². The molecule has 0 atom stereocenters. The van der Waals surface area contributed by atoms with Gasteiger partial charge in [-0.1, -0.05) is 48.5 Å². The highest BCUT2D eigenvalue weighted by Crippen LogP contribution is 2.31. The molecule has 8 nitrogen and oxygen atoms in total. The average Bonchev–Trinajstić information content (AvgIpc) is 3.45. The van der Waals surface area contributed by atoms with Gasteiger partial charge in [0, 0.05) is 11.1 Å². The fourth-order valence-corrected chi connectivity index (χ4v) is 4.11. The van der Waals surface area contributed by atoms with Crippen LogP contribution < -0.4 is 5.11 Å². The van der Waals surface area contributed by atoms with Gasteiger partial charge < -0.3 is 14.3 Å². The van der Waals surface area contributed by atoms with Crippen LogP contribution >= 0.6 is 11.8 Å². The number of carboxylic acids is 1. The number of carbonyl (C=O) groups is 2. The molecule has 0 radical (unpaired) electrons. The van der Waals surface area contributed by atoms with Gasteiger partial charge in [-0.25, -0.2) is 0 Å². The van der Waals surface area contributed by atoms with Crippen LogP contribution in [0.3, 0.4) is 0 Å². The average molecular weight is 441 g/mol. The van der Waals surface area contributed by atoms with Gasteiger partial charge in [-0.2, -0.15) is 15.1 Å². The Morgan fingerprint density at radius 2 is 1.84 bits per heavy atom. The molecule has 0 fully saturated rings. The van der Waals surface area contributed by atoms with Crippen LogP contribution in [0.25, 0.3) is 17.4 Å². The Hall–Kier alpha value is -4.24. The predicted molar refractivity (Wildman–Crippen MR) is 119 cm³/mol. The van der Waals surface area contributed by atoms with Gasteiger partial charge in [0.25, 0.3) is 5.91 Å². The lowest BCUT2D eigenvalue weighted by molar-refractivity contribution is -0.255. The molecular weight excluding hydrogens is 428 g/mol. The maximum atomic E-state index is 12.6. The molecule has 0 saturated carbocycles. The Morgan fingerprint density at radius 3 is 2.62 bits per heavy atom. The second kappa shape index (κ2) is 7.78.